The Morgan fingerprint density at radius 2 is 1.84 bits per heavy atom. The van der Waals surface area contributed by atoms with Gasteiger partial charge in [0.15, 0.2) is 6.61 Å². The second-order valence-corrected chi connectivity index (χ2v) is 8.16. The standard InChI is InChI=1S/C19H24N2O3S/c1-11-12(2)25-18(16(11)17(20)23)21-15(22)10-24-14-9-7-6-8-13(14)19(3,4)5/h6-9H,10H2,1-5H3,(H2,20,23)(H,21,22). The van der Waals surface area contributed by atoms with E-state index >= 15 is 0 Å². The lowest BCUT2D eigenvalue weighted by Crippen LogP contribution is -2.23. The van der Waals surface area contributed by atoms with E-state index in [1.54, 1.807) is 0 Å². The molecule has 3 N–H and O–H groups in total. The van der Waals surface area contributed by atoms with E-state index in [2.05, 4.69) is 26.1 Å². The van der Waals surface area contributed by atoms with Crippen LogP contribution in [0.1, 0.15) is 47.1 Å². The van der Waals surface area contributed by atoms with Crippen molar-refractivity contribution >= 4 is 28.2 Å². The molecule has 0 saturated carbocycles. The first-order valence-electron chi connectivity index (χ1n) is 8.03. The van der Waals surface area contributed by atoms with Crippen molar-refractivity contribution in [1.29, 1.82) is 0 Å². The third-order valence-corrected chi connectivity index (χ3v) is 5.06. The van der Waals surface area contributed by atoms with Crippen molar-refractivity contribution < 1.29 is 14.3 Å². The molecule has 6 heteroatoms. The van der Waals surface area contributed by atoms with Crippen LogP contribution in [0.5, 0.6) is 5.75 Å². The number of primary amides is 1. The average molecular weight is 360 g/mol. The number of benzene rings is 1. The highest BCUT2D eigenvalue weighted by Gasteiger charge is 2.21. The summed E-state index contributed by atoms with van der Waals surface area (Å²) in [6.07, 6.45) is 0. The van der Waals surface area contributed by atoms with Gasteiger partial charge in [-0.1, -0.05) is 39.0 Å². The predicted molar refractivity (Wildman–Crippen MR) is 102 cm³/mol. The molecule has 0 saturated heterocycles. The smallest absolute Gasteiger partial charge is 0.262 e. The molecule has 1 aromatic carbocycles. The fourth-order valence-corrected chi connectivity index (χ4v) is 3.61. The Morgan fingerprint density at radius 3 is 2.44 bits per heavy atom. The number of hydrogen-bond acceptors (Lipinski definition) is 4. The number of rotatable bonds is 5. The minimum Gasteiger partial charge on any atom is -0.483 e. The van der Waals surface area contributed by atoms with E-state index in [0.717, 1.165) is 16.0 Å². The third kappa shape index (κ3) is 4.39. The number of amides is 2. The fourth-order valence-electron chi connectivity index (χ4n) is 2.53. The number of para-hydroxylation sites is 1. The van der Waals surface area contributed by atoms with Gasteiger partial charge in [0.25, 0.3) is 11.8 Å². The Balaban J connectivity index is 2.11. The third-order valence-electron chi connectivity index (χ3n) is 3.94. The highest BCUT2D eigenvalue weighted by Crippen LogP contribution is 2.33. The number of carbonyl (C=O) groups excluding carboxylic acids is 2. The lowest BCUT2D eigenvalue weighted by atomic mass is 9.86. The van der Waals surface area contributed by atoms with Crippen molar-refractivity contribution in [1.82, 2.24) is 0 Å². The zero-order valence-electron chi connectivity index (χ0n) is 15.2. The van der Waals surface area contributed by atoms with E-state index in [0.29, 0.717) is 16.3 Å². The molecule has 25 heavy (non-hydrogen) atoms. The van der Waals surface area contributed by atoms with Gasteiger partial charge in [-0.2, -0.15) is 0 Å². The molecule has 5 nitrogen and oxygen atoms in total. The topological polar surface area (TPSA) is 81.4 Å². The molecule has 0 spiro atoms. The molecule has 2 amide bonds. The Labute approximate surface area is 152 Å². The van der Waals surface area contributed by atoms with Gasteiger partial charge in [-0.15, -0.1) is 11.3 Å². The molecular weight excluding hydrogens is 336 g/mol. The molecule has 1 heterocycles. The van der Waals surface area contributed by atoms with Crippen molar-refractivity contribution in [3.63, 3.8) is 0 Å². The first-order valence-corrected chi connectivity index (χ1v) is 8.85. The molecule has 0 bridgehead atoms. The van der Waals surface area contributed by atoms with Crippen LogP contribution in [0.3, 0.4) is 0 Å². The number of hydrogen-bond donors (Lipinski definition) is 2. The number of ether oxygens (including phenoxy) is 1. The van der Waals surface area contributed by atoms with Crippen LogP contribution < -0.4 is 15.8 Å². The van der Waals surface area contributed by atoms with E-state index in [1.165, 1.54) is 11.3 Å². The van der Waals surface area contributed by atoms with Gasteiger partial charge in [0.05, 0.1) is 5.56 Å². The number of anilines is 1. The number of nitrogens with two attached hydrogens (primary N) is 1. The van der Waals surface area contributed by atoms with Crippen molar-refractivity contribution in [3.05, 3.63) is 45.8 Å². The quantitative estimate of drug-likeness (QED) is 0.851. The maximum Gasteiger partial charge on any atom is 0.262 e. The van der Waals surface area contributed by atoms with Gasteiger partial charge in [0.1, 0.15) is 10.8 Å². The van der Waals surface area contributed by atoms with Crippen LogP contribution in [0, 0.1) is 13.8 Å². The monoisotopic (exact) mass is 360 g/mol. The number of nitrogens with one attached hydrogen (secondary N) is 1. The number of thiophene rings is 1. The Morgan fingerprint density at radius 1 is 1.20 bits per heavy atom. The summed E-state index contributed by atoms with van der Waals surface area (Å²) >= 11 is 1.34. The molecule has 0 radical (unpaired) electrons. The van der Waals surface area contributed by atoms with E-state index in [9.17, 15) is 9.59 Å². The van der Waals surface area contributed by atoms with Crippen LogP contribution in [0.2, 0.25) is 0 Å². The second kappa shape index (κ2) is 7.27. The molecule has 0 aliphatic carbocycles. The van der Waals surface area contributed by atoms with Crippen LogP contribution in [0.4, 0.5) is 5.00 Å². The summed E-state index contributed by atoms with van der Waals surface area (Å²) < 4.78 is 5.71. The SMILES string of the molecule is Cc1sc(NC(=O)COc2ccccc2C(C)(C)C)c(C(N)=O)c1C. The van der Waals surface area contributed by atoms with Gasteiger partial charge in [-0.25, -0.2) is 0 Å². The van der Waals surface area contributed by atoms with Gasteiger partial charge in [-0.3, -0.25) is 9.59 Å². The van der Waals surface area contributed by atoms with Crippen LogP contribution in [-0.2, 0) is 10.2 Å². The fraction of sp³-hybridized carbons (Fsp3) is 0.368. The molecule has 0 aliphatic heterocycles. The van der Waals surface area contributed by atoms with Gasteiger partial charge in [0, 0.05) is 4.88 Å². The average Bonchev–Trinajstić information content (AvgIpc) is 2.79. The maximum atomic E-state index is 12.3. The lowest BCUT2D eigenvalue weighted by molar-refractivity contribution is -0.118. The van der Waals surface area contributed by atoms with Crippen molar-refractivity contribution in [2.24, 2.45) is 5.73 Å². The minimum atomic E-state index is -0.545. The molecule has 2 aromatic rings. The van der Waals surface area contributed by atoms with Gasteiger partial charge < -0.3 is 15.8 Å². The Kier molecular flexibility index (Phi) is 5.52. The molecule has 0 aliphatic rings. The summed E-state index contributed by atoms with van der Waals surface area (Å²) in [5, 5.41) is 3.21. The normalized spacial score (nSPS) is 11.2. The highest BCUT2D eigenvalue weighted by molar-refractivity contribution is 7.16. The summed E-state index contributed by atoms with van der Waals surface area (Å²) in [5.41, 5.74) is 7.53. The zero-order chi connectivity index (χ0) is 18.8. The Hall–Kier alpha value is -2.34. The molecule has 1 aromatic heterocycles. The lowest BCUT2D eigenvalue weighted by Gasteiger charge is -2.22. The Bertz CT molecular complexity index is 803. The highest BCUT2D eigenvalue weighted by atomic mass is 32.1. The summed E-state index contributed by atoms with van der Waals surface area (Å²) in [4.78, 5) is 24.8. The van der Waals surface area contributed by atoms with E-state index in [4.69, 9.17) is 10.5 Å². The first kappa shape index (κ1) is 19.0. The van der Waals surface area contributed by atoms with E-state index < -0.39 is 5.91 Å². The summed E-state index contributed by atoms with van der Waals surface area (Å²) in [6, 6.07) is 7.66. The second-order valence-electron chi connectivity index (χ2n) is 6.93. The molecule has 134 valence electrons. The zero-order valence-corrected chi connectivity index (χ0v) is 16.0. The molecular formula is C19H24N2O3S. The minimum absolute atomic E-state index is 0.0891. The van der Waals surface area contributed by atoms with Crippen molar-refractivity contribution in [2.45, 2.75) is 40.0 Å². The van der Waals surface area contributed by atoms with Gasteiger partial charge >= 0.3 is 0 Å². The van der Waals surface area contributed by atoms with Crippen LogP contribution in [0.25, 0.3) is 0 Å². The van der Waals surface area contributed by atoms with Gasteiger partial charge in [-0.05, 0) is 36.5 Å². The predicted octanol–water partition coefficient (Wildman–Crippen LogP) is 3.78. The first-order chi connectivity index (χ1) is 11.6. The van der Waals surface area contributed by atoms with Crippen LogP contribution in [0.15, 0.2) is 24.3 Å². The molecule has 0 unspecified atom stereocenters. The van der Waals surface area contributed by atoms with Gasteiger partial charge in [0.2, 0.25) is 0 Å². The van der Waals surface area contributed by atoms with Crippen LogP contribution in [-0.4, -0.2) is 18.4 Å². The van der Waals surface area contributed by atoms with Crippen molar-refractivity contribution in [3.8, 4) is 5.75 Å². The van der Waals surface area contributed by atoms with Crippen molar-refractivity contribution in [2.75, 3.05) is 11.9 Å². The maximum absolute atomic E-state index is 12.3. The van der Waals surface area contributed by atoms with E-state index in [1.807, 2.05) is 38.1 Å². The number of aryl methyl sites for hydroxylation is 1. The summed E-state index contributed by atoms with van der Waals surface area (Å²) in [5.74, 6) is -0.192. The summed E-state index contributed by atoms with van der Waals surface area (Å²) in [7, 11) is 0. The van der Waals surface area contributed by atoms with Crippen LogP contribution >= 0.6 is 11.3 Å². The molecule has 0 fully saturated rings. The number of carbonyl (C=O) groups is 2. The summed E-state index contributed by atoms with van der Waals surface area (Å²) in [6.45, 7) is 9.83. The van der Waals surface area contributed by atoms with E-state index in [-0.39, 0.29) is 17.9 Å². The largest absolute Gasteiger partial charge is 0.483 e. The molecule has 0 atom stereocenters. The molecule has 2 rings (SSSR count).